The van der Waals surface area contributed by atoms with Crippen LogP contribution in [0.2, 0.25) is 0 Å². The van der Waals surface area contributed by atoms with Gasteiger partial charge < -0.3 is 0 Å². The Kier molecular flexibility index (Phi) is 4.39. The molecule has 1 aliphatic carbocycles. The number of carbonyl (C=O) groups excluding carboxylic acids is 1. The number of nitriles is 1. The van der Waals surface area contributed by atoms with Gasteiger partial charge in [0.1, 0.15) is 0 Å². The zero-order valence-corrected chi connectivity index (χ0v) is 12.4. The highest BCUT2D eigenvalue weighted by molar-refractivity contribution is 6.02. The Bertz CT molecular complexity index is 560. The molecule has 20 heavy (non-hydrogen) atoms. The lowest BCUT2D eigenvalue weighted by Gasteiger charge is -2.30. The van der Waals surface area contributed by atoms with E-state index in [0.717, 1.165) is 24.0 Å². The zero-order chi connectivity index (χ0) is 14.7. The predicted octanol–water partition coefficient (Wildman–Crippen LogP) is 4.21. The van der Waals surface area contributed by atoms with Crippen molar-refractivity contribution >= 4 is 11.9 Å². The van der Waals surface area contributed by atoms with Gasteiger partial charge in [0.15, 0.2) is 5.78 Å². The van der Waals surface area contributed by atoms with E-state index in [4.69, 9.17) is 5.26 Å². The van der Waals surface area contributed by atoms with E-state index in [2.05, 4.69) is 26.8 Å². The lowest BCUT2D eigenvalue weighted by atomic mass is 9.73. The fraction of sp³-hybridized carbons (Fsp3) is 0.444. The summed E-state index contributed by atoms with van der Waals surface area (Å²) in [5.74, 6) is 1.20. The van der Waals surface area contributed by atoms with Crippen LogP contribution in [-0.4, -0.2) is 5.78 Å². The molecule has 0 radical (unpaired) electrons. The maximum absolute atomic E-state index is 12.6. The number of carbonyl (C=O) groups is 1. The van der Waals surface area contributed by atoms with Crippen molar-refractivity contribution in [2.45, 2.75) is 33.6 Å². The second-order valence-electron chi connectivity index (χ2n) is 6.03. The van der Waals surface area contributed by atoms with Crippen LogP contribution in [0.15, 0.2) is 29.8 Å². The summed E-state index contributed by atoms with van der Waals surface area (Å²) in [6.07, 6.45) is 4.09. The maximum atomic E-state index is 12.6. The first-order valence-electron chi connectivity index (χ1n) is 7.29. The van der Waals surface area contributed by atoms with Gasteiger partial charge in [-0.15, -0.1) is 0 Å². The van der Waals surface area contributed by atoms with E-state index in [1.807, 2.05) is 18.2 Å². The Morgan fingerprint density at radius 2 is 1.90 bits per heavy atom. The smallest absolute Gasteiger partial charge is 0.162 e. The van der Waals surface area contributed by atoms with Crippen molar-refractivity contribution in [3.05, 3.63) is 41.0 Å². The molecule has 2 rings (SSSR count). The largest absolute Gasteiger partial charge is 0.294 e. The third-order valence-corrected chi connectivity index (χ3v) is 4.23. The molecule has 2 nitrogen and oxygen atoms in total. The molecular weight excluding hydrogens is 246 g/mol. The molecule has 0 bridgehead atoms. The molecule has 0 amide bonds. The van der Waals surface area contributed by atoms with E-state index in [0.29, 0.717) is 23.2 Å². The van der Waals surface area contributed by atoms with Crippen LogP contribution in [-0.2, 0) is 4.79 Å². The summed E-state index contributed by atoms with van der Waals surface area (Å²) >= 11 is 0. The van der Waals surface area contributed by atoms with Crippen LogP contribution in [0.4, 0.5) is 0 Å². The zero-order valence-electron chi connectivity index (χ0n) is 12.4. The second-order valence-corrected chi connectivity index (χ2v) is 6.03. The lowest BCUT2D eigenvalue weighted by Crippen LogP contribution is -2.30. The minimum Gasteiger partial charge on any atom is -0.294 e. The Hall–Kier alpha value is -1.88. The molecule has 2 atom stereocenters. The van der Waals surface area contributed by atoms with Crippen LogP contribution in [0, 0.1) is 29.1 Å². The van der Waals surface area contributed by atoms with Crippen LogP contribution in [0.5, 0.6) is 0 Å². The van der Waals surface area contributed by atoms with Gasteiger partial charge >= 0.3 is 0 Å². The molecule has 1 saturated carbocycles. The third kappa shape index (κ3) is 2.99. The van der Waals surface area contributed by atoms with Gasteiger partial charge in [-0.3, -0.25) is 4.79 Å². The predicted molar refractivity (Wildman–Crippen MR) is 80.9 cm³/mol. The Balaban J connectivity index is 2.30. The first-order valence-corrected chi connectivity index (χ1v) is 7.29. The first-order chi connectivity index (χ1) is 9.52. The molecule has 104 valence electrons. The Morgan fingerprint density at radius 3 is 2.45 bits per heavy atom. The average Bonchev–Trinajstić information content (AvgIpc) is 2.43. The van der Waals surface area contributed by atoms with Crippen molar-refractivity contribution in [3.8, 4) is 6.07 Å². The molecule has 1 fully saturated rings. The molecule has 0 saturated heterocycles. The standard InChI is InChI=1S/C18H21NO/c1-12(2)16-9-4-13(3)17(18(16)20)10-14-5-7-15(11-19)8-6-14/h5-8,10,12-13,16H,4,9H2,1-3H3/t13-,16+/m0/s1. The van der Waals surface area contributed by atoms with Gasteiger partial charge in [-0.2, -0.15) is 5.26 Å². The van der Waals surface area contributed by atoms with Gasteiger partial charge in [-0.1, -0.05) is 32.9 Å². The van der Waals surface area contributed by atoms with Crippen LogP contribution in [0.25, 0.3) is 6.08 Å². The van der Waals surface area contributed by atoms with E-state index in [1.165, 1.54) is 0 Å². The average molecular weight is 267 g/mol. The fourth-order valence-corrected chi connectivity index (χ4v) is 2.86. The Morgan fingerprint density at radius 1 is 1.25 bits per heavy atom. The van der Waals surface area contributed by atoms with Crippen LogP contribution in [0.3, 0.4) is 0 Å². The molecule has 1 aromatic carbocycles. The summed E-state index contributed by atoms with van der Waals surface area (Å²) < 4.78 is 0. The Labute approximate surface area is 121 Å². The SMILES string of the molecule is CC(C)[C@H]1CC[C@H](C)C(=Cc2ccc(C#N)cc2)C1=O. The molecule has 2 heteroatoms. The number of hydrogen-bond donors (Lipinski definition) is 0. The van der Waals surface area contributed by atoms with Gasteiger partial charge in [0.25, 0.3) is 0 Å². The van der Waals surface area contributed by atoms with Gasteiger partial charge in [0.05, 0.1) is 11.6 Å². The molecule has 1 aromatic rings. The quantitative estimate of drug-likeness (QED) is 0.753. The molecule has 1 aliphatic rings. The molecule has 0 spiro atoms. The molecular formula is C18H21NO. The number of Topliss-reactive ketones (excluding diaryl/α,β-unsaturated/α-hetero) is 1. The number of hydrogen-bond acceptors (Lipinski definition) is 2. The first kappa shape index (κ1) is 14.5. The minimum absolute atomic E-state index is 0.163. The highest BCUT2D eigenvalue weighted by Gasteiger charge is 2.32. The third-order valence-electron chi connectivity index (χ3n) is 4.23. The van der Waals surface area contributed by atoms with Crippen molar-refractivity contribution in [2.24, 2.45) is 17.8 Å². The van der Waals surface area contributed by atoms with Gasteiger partial charge in [-0.25, -0.2) is 0 Å². The number of ketones is 1. The van der Waals surface area contributed by atoms with Crippen molar-refractivity contribution in [2.75, 3.05) is 0 Å². The summed E-state index contributed by atoms with van der Waals surface area (Å²) in [7, 11) is 0. The monoisotopic (exact) mass is 267 g/mol. The topological polar surface area (TPSA) is 40.9 Å². The van der Waals surface area contributed by atoms with Crippen molar-refractivity contribution in [1.82, 2.24) is 0 Å². The highest BCUT2D eigenvalue weighted by atomic mass is 16.1. The molecule has 0 heterocycles. The molecule has 0 aliphatic heterocycles. The summed E-state index contributed by atoms with van der Waals surface area (Å²) in [6, 6.07) is 9.52. The van der Waals surface area contributed by atoms with Crippen molar-refractivity contribution in [1.29, 1.82) is 5.26 Å². The van der Waals surface area contributed by atoms with Gasteiger partial charge in [0, 0.05) is 5.92 Å². The number of nitrogens with zero attached hydrogens (tertiary/aromatic N) is 1. The summed E-state index contributed by atoms with van der Waals surface area (Å²) in [5.41, 5.74) is 2.60. The minimum atomic E-state index is 0.163. The number of allylic oxidation sites excluding steroid dienone is 1. The molecule has 0 N–H and O–H groups in total. The van der Waals surface area contributed by atoms with Crippen molar-refractivity contribution < 1.29 is 4.79 Å². The summed E-state index contributed by atoms with van der Waals surface area (Å²) in [4.78, 5) is 12.6. The lowest BCUT2D eigenvalue weighted by molar-refractivity contribution is -0.122. The van der Waals surface area contributed by atoms with Crippen LogP contribution < -0.4 is 0 Å². The molecule has 0 unspecified atom stereocenters. The second kappa shape index (κ2) is 6.05. The summed E-state index contributed by atoms with van der Waals surface area (Å²) in [5, 5.41) is 8.81. The van der Waals surface area contributed by atoms with Crippen LogP contribution >= 0.6 is 0 Å². The summed E-state index contributed by atoms with van der Waals surface area (Å²) in [6.45, 7) is 6.37. The molecule has 0 aromatic heterocycles. The van der Waals surface area contributed by atoms with E-state index in [-0.39, 0.29) is 5.92 Å². The van der Waals surface area contributed by atoms with E-state index in [9.17, 15) is 4.79 Å². The highest BCUT2D eigenvalue weighted by Crippen LogP contribution is 2.35. The van der Waals surface area contributed by atoms with Crippen molar-refractivity contribution in [3.63, 3.8) is 0 Å². The number of benzene rings is 1. The fourth-order valence-electron chi connectivity index (χ4n) is 2.86. The van der Waals surface area contributed by atoms with Gasteiger partial charge in [0.2, 0.25) is 0 Å². The van der Waals surface area contributed by atoms with Gasteiger partial charge in [-0.05, 0) is 54.0 Å². The van der Waals surface area contributed by atoms with E-state index in [1.54, 1.807) is 12.1 Å². The maximum Gasteiger partial charge on any atom is 0.162 e. The number of rotatable bonds is 2. The van der Waals surface area contributed by atoms with E-state index >= 15 is 0 Å². The normalized spacial score (nSPS) is 24.9. The van der Waals surface area contributed by atoms with E-state index < -0.39 is 0 Å². The van der Waals surface area contributed by atoms with Crippen LogP contribution in [0.1, 0.15) is 44.7 Å².